The van der Waals surface area contributed by atoms with Crippen LogP contribution >= 0.6 is 0 Å². The van der Waals surface area contributed by atoms with Gasteiger partial charge < -0.3 is 19.9 Å². The van der Waals surface area contributed by atoms with Crippen LogP contribution in [0.15, 0.2) is 30.6 Å². The Morgan fingerprint density at radius 3 is 2.75 bits per heavy atom. The molecule has 1 atom stereocenters. The molecule has 0 radical (unpaired) electrons. The minimum Gasteiger partial charge on any atom is -0.462 e. The van der Waals surface area contributed by atoms with Crippen molar-refractivity contribution in [2.24, 2.45) is 0 Å². The van der Waals surface area contributed by atoms with Crippen LogP contribution in [0.4, 0.5) is 17.3 Å². The Morgan fingerprint density at radius 1 is 1.16 bits per heavy atom. The van der Waals surface area contributed by atoms with Gasteiger partial charge in [0.15, 0.2) is 5.82 Å². The van der Waals surface area contributed by atoms with E-state index in [1.54, 1.807) is 19.2 Å². The van der Waals surface area contributed by atoms with Crippen LogP contribution in [0.1, 0.15) is 35.7 Å². The lowest BCUT2D eigenvalue weighted by molar-refractivity contribution is -0.117. The second-order valence-corrected chi connectivity index (χ2v) is 8.44. The second-order valence-electron chi connectivity index (χ2n) is 8.44. The van der Waals surface area contributed by atoms with Gasteiger partial charge in [-0.25, -0.2) is 14.8 Å². The number of anilines is 3. The Hall–Kier alpha value is -3.20. The van der Waals surface area contributed by atoms with Crippen molar-refractivity contribution in [2.75, 3.05) is 54.4 Å². The molecule has 0 bridgehead atoms. The summed E-state index contributed by atoms with van der Waals surface area (Å²) < 4.78 is 5.01. The summed E-state index contributed by atoms with van der Waals surface area (Å²) in [4.78, 5) is 40.1. The highest BCUT2D eigenvalue weighted by molar-refractivity contribution is 6.03. The third kappa shape index (κ3) is 4.00. The molecule has 3 aliphatic rings. The van der Waals surface area contributed by atoms with Gasteiger partial charge in [0.2, 0.25) is 5.91 Å². The predicted octanol–water partition coefficient (Wildman–Crippen LogP) is 1.90. The average Bonchev–Trinajstić information content (AvgIpc) is 3.31. The van der Waals surface area contributed by atoms with Crippen LogP contribution < -0.4 is 15.1 Å². The summed E-state index contributed by atoms with van der Waals surface area (Å²) >= 11 is 0. The van der Waals surface area contributed by atoms with Gasteiger partial charge in [-0.15, -0.1) is 0 Å². The first-order valence-electron chi connectivity index (χ1n) is 11.3. The van der Waals surface area contributed by atoms with Crippen molar-refractivity contribution >= 4 is 29.2 Å². The molecule has 2 saturated heterocycles. The number of aromatic nitrogens is 2. The number of carbonyl (C=O) groups is 2. The molecule has 0 aliphatic carbocycles. The highest BCUT2D eigenvalue weighted by Crippen LogP contribution is 2.35. The first-order chi connectivity index (χ1) is 15.6. The molecule has 1 amide bonds. The molecule has 0 unspecified atom stereocenters. The summed E-state index contributed by atoms with van der Waals surface area (Å²) in [6.45, 7) is 7.35. The molecule has 5 rings (SSSR count). The van der Waals surface area contributed by atoms with E-state index in [0.717, 1.165) is 75.0 Å². The number of esters is 1. The van der Waals surface area contributed by atoms with Gasteiger partial charge in [-0.05, 0) is 43.5 Å². The van der Waals surface area contributed by atoms with E-state index in [1.165, 1.54) is 0 Å². The van der Waals surface area contributed by atoms with Crippen molar-refractivity contribution in [3.05, 3.63) is 41.7 Å². The molecule has 0 aromatic carbocycles. The minimum absolute atomic E-state index is 0.0612. The van der Waals surface area contributed by atoms with Crippen LogP contribution in [0.25, 0.3) is 0 Å². The van der Waals surface area contributed by atoms with E-state index >= 15 is 0 Å². The van der Waals surface area contributed by atoms with Gasteiger partial charge in [-0.1, -0.05) is 0 Å². The van der Waals surface area contributed by atoms with Crippen molar-refractivity contribution in [1.29, 1.82) is 0 Å². The quantitative estimate of drug-likeness (QED) is 0.711. The zero-order valence-corrected chi connectivity index (χ0v) is 18.3. The van der Waals surface area contributed by atoms with Crippen LogP contribution in [0.2, 0.25) is 0 Å². The molecule has 5 heterocycles. The van der Waals surface area contributed by atoms with Gasteiger partial charge in [0.1, 0.15) is 11.9 Å². The van der Waals surface area contributed by atoms with Crippen molar-refractivity contribution in [1.82, 2.24) is 14.9 Å². The molecule has 0 spiro atoms. The van der Waals surface area contributed by atoms with Gasteiger partial charge in [-0.3, -0.25) is 9.69 Å². The van der Waals surface area contributed by atoms with Crippen molar-refractivity contribution in [2.45, 2.75) is 32.4 Å². The monoisotopic (exact) mass is 436 g/mol. The number of amides is 1. The van der Waals surface area contributed by atoms with Gasteiger partial charge in [-0.2, -0.15) is 0 Å². The number of nitrogens with one attached hydrogen (secondary N) is 1. The molecular weight excluding hydrogens is 408 g/mol. The smallest absolute Gasteiger partial charge is 0.339 e. The molecule has 168 valence electrons. The lowest BCUT2D eigenvalue weighted by Gasteiger charge is -2.36. The molecule has 2 fully saturated rings. The number of piperazine rings is 1. The van der Waals surface area contributed by atoms with E-state index in [0.29, 0.717) is 12.2 Å². The third-order valence-corrected chi connectivity index (χ3v) is 6.37. The maximum atomic E-state index is 12.4. The third-order valence-electron chi connectivity index (χ3n) is 6.37. The van der Waals surface area contributed by atoms with Gasteiger partial charge in [0.05, 0.1) is 17.9 Å². The molecule has 3 aliphatic heterocycles. The summed E-state index contributed by atoms with van der Waals surface area (Å²) in [5.74, 6) is 1.52. The van der Waals surface area contributed by atoms with Crippen LogP contribution in [-0.4, -0.2) is 72.1 Å². The highest BCUT2D eigenvalue weighted by atomic mass is 16.5. The van der Waals surface area contributed by atoms with Gasteiger partial charge in [0, 0.05) is 51.7 Å². The van der Waals surface area contributed by atoms with Crippen LogP contribution in [0, 0.1) is 0 Å². The minimum atomic E-state index is -0.341. The maximum absolute atomic E-state index is 12.4. The zero-order valence-electron chi connectivity index (χ0n) is 18.3. The largest absolute Gasteiger partial charge is 0.462 e. The predicted molar refractivity (Wildman–Crippen MR) is 121 cm³/mol. The number of pyridine rings is 2. The number of rotatable bonds is 5. The van der Waals surface area contributed by atoms with Gasteiger partial charge >= 0.3 is 5.97 Å². The van der Waals surface area contributed by atoms with Crippen molar-refractivity contribution < 1.29 is 14.3 Å². The Bertz CT molecular complexity index is 1000. The number of nitrogens with zero attached hydrogens (tertiary/aromatic N) is 5. The standard InChI is InChI=1S/C23H28N6O3/c1-2-32-23(31)17-5-6-20(24-14-17)28-10-8-27(9-11-28)15-16-12-18-21(25-13-16)29-7-3-4-19(29)22(30)26-18/h5-6,12-14,19H,2-4,7-11,15H2,1H3,(H,26,30)/t19-/m0/s1. The SMILES string of the molecule is CCOC(=O)c1ccc(N2CCN(Cc3cnc4c(c3)NC(=O)[C@@H]3CCCN43)CC2)nc1. The van der Waals surface area contributed by atoms with E-state index in [4.69, 9.17) is 4.74 Å². The fourth-order valence-electron chi connectivity index (χ4n) is 4.72. The van der Waals surface area contributed by atoms with E-state index in [2.05, 4.69) is 36.1 Å². The number of hydrogen-bond acceptors (Lipinski definition) is 8. The van der Waals surface area contributed by atoms with Crippen LogP contribution in [-0.2, 0) is 16.1 Å². The lowest BCUT2D eigenvalue weighted by Crippen LogP contribution is -2.46. The topological polar surface area (TPSA) is 90.9 Å². The molecular formula is C23H28N6O3. The first-order valence-corrected chi connectivity index (χ1v) is 11.3. The Labute approximate surface area is 187 Å². The number of hydrogen-bond donors (Lipinski definition) is 1. The van der Waals surface area contributed by atoms with Crippen molar-refractivity contribution in [3.63, 3.8) is 0 Å². The Morgan fingerprint density at radius 2 is 2.00 bits per heavy atom. The summed E-state index contributed by atoms with van der Waals surface area (Å²) in [6.07, 6.45) is 5.45. The number of ether oxygens (including phenoxy) is 1. The van der Waals surface area contributed by atoms with Gasteiger partial charge in [0.25, 0.3) is 0 Å². The normalized spacial score (nSPS) is 20.5. The Balaban J connectivity index is 1.18. The van der Waals surface area contributed by atoms with E-state index in [1.807, 2.05) is 12.3 Å². The zero-order chi connectivity index (χ0) is 22.1. The fourth-order valence-corrected chi connectivity index (χ4v) is 4.72. The molecule has 1 N–H and O–H groups in total. The van der Waals surface area contributed by atoms with Crippen LogP contribution in [0.3, 0.4) is 0 Å². The molecule has 9 nitrogen and oxygen atoms in total. The average molecular weight is 437 g/mol. The highest BCUT2D eigenvalue weighted by Gasteiger charge is 2.37. The molecule has 0 saturated carbocycles. The van der Waals surface area contributed by atoms with E-state index < -0.39 is 0 Å². The summed E-state index contributed by atoms with van der Waals surface area (Å²) in [5.41, 5.74) is 2.41. The maximum Gasteiger partial charge on any atom is 0.339 e. The van der Waals surface area contributed by atoms with Crippen molar-refractivity contribution in [3.8, 4) is 0 Å². The second kappa shape index (κ2) is 8.74. The fraction of sp³-hybridized carbons (Fsp3) is 0.478. The first kappa shape index (κ1) is 20.7. The molecule has 2 aromatic rings. The Kier molecular flexibility index (Phi) is 5.65. The number of carbonyl (C=O) groups excluding carboxylic acids is 2. The summed E-state index contributed by atoms with van der Waals surface area (Å²) in [7, 11) is 0. The van der Waals surface area contributed by atoms with E-state index in [-0.39, 0.29) is 17.9 Å². The molecule has 9 heteroatoms. The number of fused-ring (bicyclic) bond motifs is 3. The summed E-state index contributed by atoms with van der Waals surface area (Å²) in [5, 5.41) is 3.05. The van der Waals surface area contributed by atoms with Crippen LogP contribution in [0.5, 0.6) is 0 Å². The van der Waals surface area contributed by atoms with E-state index in [9.17, 15) is 9.59 Å². The summed E-state index contributed by atoms with van der Waals surface area (Å²) in [6, 6.07) is 5.65. The molecule has 2 aromatic heterocycles. The lowest BCUT2D eigenvalue weighted by atomic mass is 10.1. The molecule has 32 heavy (non-hydrogen) atoms.